The maximum absolute atomic E-state index is 12.9. The van der Waals surface area contributed by atoms with Gasteiger partial charge >= 0.3 is 5.97 Å². The summed E-state index contributed by atoms with van der Waals surface area (Å²) in [6.45, 7) is 2.31. The van der Waals surface area contributed by atoms with Gasteiger partial charge in [-0.1, -0.05) is 0 Å². The molecule has 0 aliphatic heterocycles. The molecule has 4 nitrogen and oxygen atoms in total. The van der Waals surface area contributed by atoms with Crippen LogP contribution in [0, 0.1) is 0 Å². The lowest BCUT2D eigenvalue weighted by Gasteiger charge is -2.04. The van der Waals surface area contributed by atoms with E-state index in [1.54, 1.807) is 13.1 Å². The normalized spacial score (nSPS) is 12.8. The van der Waals surface area contributed by atoms with Crippen LogP contribution in [0.3, 0.4) is 0 Å². The maximum Gasteiger partial charge on any atom is 0.346 e. The molecule has 66 valence electrons. The van der Waals surface area contributed by atoms with Gasteiger partial charge in [-0.15, -0.1) is 0 Å². The highest BCUT2D eigenvalue weighted by Gasteiger charge is 2.22. The number of imidazole rings is 1. The fourth-order valence-electron chi connectivity index (χ4n) is 0.930. The second-order valence-corrected chi connectivity index (χ2v) is 2.27. The SMILES string of the molecule is CCn1ccnc1C(F)C(=O)O. The lowest BCUT2D eigenvalue weighted by Crippen LogP contribution is -2.12. The first-order valence-electron chi connectivity index (χ1n) is 3.54. The Kier molecular flexibility index (Phi) is 2.42. The summed E-state index contributed by atoms with van der Waals surface area (Å²) in [5.41, 5.74) is 0. The third-order valence-electron chi connectivity index (χ3n) is 1.53. The van der Waals surface area contributed by atoms with Crippen LogP contribution < -0.4 is 0 Å². The Morgan fingerprint density at radius 3 is 3.08 bits per heavy atom. The Labute approximate surface area is 68.7 Å². The average Bonchev–Trinajstić information content (AvgIpc) is 2.49. The minimum absolute atomic E-state index is 0.0509. The molecule has 0 amide bonds. The molecular weight excluding hydrogens is 163 g/mol. The van der Waals surface area contributed by atoms with Crippen molar-refractivity contribution in [1.82, 2.24) is 9.55 Å². The molecule has 1 unspecified atom stereocenters. The van der Waals surface area contributed by atoms with Crippen molar-refractivity contribution in [3.8, 4) is 0 Å². The zero-order chi connectivity index (χ0) is 9.14. The number of rotatable bonds is 3. The van der Waals surface area contributed by atoms with Gasteiger partial charge in [0.15, 0.2) is 5.82 Å². The van der Waals surface area contributed by atoms with Crippen LogP contribution >= 0.6 is 0 Å². The molecule has 1 heterocycles. The summed E-state index contributed by atoms with van der Waals surface area (Å²) in [5, 5.41) is 8.35. The first kappa shape index (κ1) is 8.70. The Morgan fingerprint density at radius 2 is 2.58 bits per heavy atom. The first-order chi connectivity index (χ1) is 5.66. The molecule has 0 fully saturated rings. The lowest BCUT2D eigenvalue weighted by atomic mass is 10.3. The second-order valence-electron chi connectivity index (χ2n) is 2.27. The molecule has 1 N–H and O–H groups in total. The fourth-order valence-corrected chi connectivity index (χ4v) is 0.930. The summed E-state index contributed by atoms with van der Waals surface area (Å²) >= 11 is 0. The summed E-state index contributed by atoms with van der Waals surface area (Å²) in [7, 11) is 0. The molecule has 0 saturated carbocycles. The monoisotopic (exact) mass is 172 g/mol. The third kappa shape index (κ3) is 1.44. The van der Waals surface area contributed by atoms with E-state index < -0.39 is 12.1 Å². The molecule has 1 aromatic heterocycles. The summed E-state index contributed by atoms with van der Waals surface area (Å²) in [4.78, 5) is 13.9. The van der Waals surface area contributed by atoms with Crippen molar-refractivity contribution in [2.45, 2.75) is 19.6 Å². The smallest absolute Gasteiger partial charge is 0.346 e. The van der Waals surface area contributed by atoms with Crippen LogP contribution in [-0.4, -0.2) is 20.6 Å². The van der Waals surface area contributed by atoms with Crippen molar-refractivity contribution in [1.29, 1.82) is 0 Å². The predicted octanol–water partition coefficient (Wildman–Crippen LogP) is 0.998. The van der Waals surface area contributed by atoms with Gasteiger partial charge in [0.25, 0.3) is 6.17 Å². The van der Waals surface area contributed by atoms with Gasteiger partial charge in [0.2, 0.25) is 0 Å². The molecule has 1 aromatic rings. The zero-order valence-corrected chi connectivity index (χ0v) is 6.57. The van der Waals surface area contributed by atoms with Gasteiger partial charge in [-0.2, -0.15) is 0 Å². The number of aryl methyl sites for hydroxylation is 1. The van der Waals surface area contributed by atoms with E-state index in [0.29, 0.717) is 6.54 Å². The molecule has 1 rings (SSSR count). The standard InChI is InChI=1S/C7H9FN2O2/c1-2-10-4-3-9-6(10)5(8)7(11)12/h3-5H,2H2,1H3,(H,11,12). The number of nitrogens with zero attached hydrogens (tertiary/aromatic N) is 2. The van der Waals surface area contributed by atoms with Crippen LogP contribution in [0.2, 0.25) is 0 Å². The van der Waals surface area contributed by atoms with E-state index in [0.717, 1.165) is 0 Å². The third-order valence-corrected chi connectivity index (χ3v) is 1.53. The van der Waals surface area contributed by atoms with Gasteiger partial charge in [-0.25, -0.2) is 14.2 Å². The highest BCUT2D eigenvalue weighted by Crippen LogP contribution is 2.14. The number of hydrogen-bond acceptors (Lipinski definition) is 2. The van der Waals surface area contributed by atoms with Gasteiger partial charge in [0, 0.05) is 18.9 Å². The topological polar surface area (TPSA) is 55.1 Å². The lowest BCUT2D eigenvalue weighted by molar-refractivity contribution is -0.143. The first-order valence-corrected chi connectivity index (χ1v) is 3.54. The zero-order valence-electron chi connectivity index (χ0n) is 6.57. The quantitative estimate of drug-likeness (QED) is 0.739. The summed E-state index contributed by atoms with van der Waals surface area (Å²) in [5.74, 6) is -1.55. The van der Waals surface area contributed by atoms with Crippen LogP contribution in [0.1, 0.15) is 18.9 Å². The van der Waals surface area contributed by atoms with E-state index in [1.807, 2.05) is 0 Å². The molecule has 0 aromatic carbocycles. The number of carboxylic acids is 1. The van der Waals surface area contributed by atoms with Crippen LogP contribution in [0.25, 0.3) is 0 Å². The highest BCUT2D eigenvalue weighted by molar-refractivity contribution is 5.72. The molecule has 0 bridgehead atoms. The van der Waals surface area contributed by atoms with E-state index in [4.69, 9.17) is 5.11 Å². The number of carbonyl (C=O) groups is 1. The Hall–Kier alpha value is -1.39. The van der Waals surface area contributed by atoms with Gasteiger partial charge in [0.05, 0.1) is 0 Å². The minimum atomic E-state index is -2.03. The Bertz CT molecular complexity index is 285. The summed E-state index contributed by atoms with van der Waals surface area (Å²) in [6, 6.07) is 0. The van der Waals surface area contributed by atoms with Crippen LogP contribution in [0.5, 0.6) is 0 Å². The van der Waals surface area contributed by atoms with E-state index in [1.165, 1.54) is 10.8 Å². The van der Waals surface area contributed by atoms with E-state index in [-0.39, 0.29) is 5.82 Å². The minimum Gasteiger partial charge on any atom is -0.479 e. The van der Waals surface area contributed by atoms with Gasteiger partial charge in [0.1, 0.15) is 0 Å². The second kappa shape index (κ2) is 3.34. The van der Waals surface area contributed by atoms with Crippen LogP contribution in [-0.2, 0) is 11.3 Å². The Balaban J connectivity index is 2.93. The highest BCUT2D eigenvalue weighted by atomic mass is 19.1. The number of halogens is 1. The number of alkyl halides is 1. The molecule has 12 heavy (non-hydrogen) atoms. The van der Waals surface area contributed by atoms with Crippen molar-refractivity contribution in [2.75, 3.05) is 0 Å². The van der Waals surface area contributed by atoms with Gasteiger partial charge in [-0.3, -0.25) is 0 Å². The molecule has 1 atom stereocenters. The van der Waals surface area contributed by atoms with Crippen LogP contribution in [0.4, 0.5) is 4.39 Å². The largest absolute Gasteiger partial charge is 0.479 e. The predicted molar refractivity (Wildman–Crippen MR) is 39.4 cm³/mol. The van der Waals surface area contributed by atoms with E-state index >= 15 is 0 Å². The van der Waals surface area contributed by atoms with E-state index in [2.05, 4.69) is 4.98 Å². The molecule has 5 heteroatoms. The van der Waals surface area contributed by atoms with Crippen LogP contribution in [0.15, 0.2) is 12.4 Å². The number of aromatic nitrogens is 2. The molecule has 0 aliphatic carbocycles. The summed E-state index contributed by atoms with van der Waals surface area (Å²) in [6.07, 6.45) is 0.902. The van der Waals surface area contributed by atoms with Gasteiger partial charge in [-0.05, 0) is 6.92 Å². The molecule has 0 aliphatic rings. The van der Waals surface area contributed by atoms with Crippen molar-refractivity contribution in [2.24, 2.45) is 0 Å². The Morgan fingerprint density at radius 1 is 1.92 bits per heavy atom. The molecule has 0 spiro atoms. The molecule has 0 radical (unpaired) electrons. The average molecular weight is 172 g/mol. The van der Waals surface area contributed by atoms with Crippen molar-refractivity contribution in [3.63, 3.8) is 0 Å². The van der Waals surface area contributed by atoms with Gasteiger partial charge < -0.3 is 9.67 Å². The molecular formula is C7H9FN2O2. The molecule has 0 saturated heterocycles. The maximum atomic E-state index is 12.9. The van der Waals surface area contributed by atoms with Crippen molar-refractivity contribution < 1.29 is 14.3 Å². The number of hydrogen-bond donors (Lipinski definition) is 1. The fraction of sp³-hybridized carbons (Fsp3) is 0.429. The summed E-state index contributed by atoms with van der Waals surface area (Å²) < 4.78 is 14.3. The number of carboxylic acid groups (broad SMARTS) is 1. The van der Waals surface area contributed by atoms with Crippen molar-refractivity contribution in [3.05, 3.63) is 18.2 Å². The van der Waals surface area contributed by atoms with Crippen molar-refractivity contribution >= 4 is 5.97 Å². The number of aliphatic carboxylic acids is 1. The van der Waals surface area contributed by atoms with E-state index in [9.17, 15) is 9.18 Å².